The number of rotatable bonds is 3. The van der Waals surface area contributed by atoms with Gasteiger partial charge in [-0.25, -0.2) is 5.26 Å². The van der Waals surface area contributed by atoms with Gasteiger partial charge in [-0.05, 0) is 46.6 Å². The Hall–Kier alpha value is -3.90. The van der Waals surface area contributed by atoms with Crippen LogP contribution in [0, 0.1) is 30.4 Å². The smallest absolute Gasteiger partial charge is 0.0475 e. The van der Waals surface area contributed by atoms with E-state index in [2.05, 4.69) is 46.4 Å². The van der Waals surface area contributed by atoms with Crippen molar-refractivity contribution in [3.8, 4) is 39.7 Å². The van der Waals surface area contributed by atoms with E-state index in [1.807, 2.05) is 73.8 Å². The fourth-order valence-electron chi connectivity index (χ4n) is 3.30. The first-order valence-electron chi connectivity index (χ1n) is 10.6. The molecule has 2 heterocycles. The molecule has 5 aromatic rings. The van der Waals surface area contributed by atoms with Crippen molar-refractivity contribution in [3.05, 3.63) is 133 Å². The maximum absolute atomic E-state index is 8.94. The van der Waals surface area contributed by atoms with Gasteiger partial charge in [-0.15, -0.1) is 65.7 Å². The molecule has 1 radical (unpaired) electrons. The van der Waals surface area contributed by atoms with Crippen LogP contribution in [-0.2, 0) is 20.1 Å². The SMILES string of the molecule is Cc1ccc(-c2[c-]cccc2C#N)nc1.[Ir].[c-]1ccccc1-c1cc(-c2ccccc2)ccn1. The summed E-state index contributed by atoms with van der Waals surface area (Å²) in [7, 11) is 0. The average molecular weight is 616 g/mol. The van der Waals surface area contributed by atoms with Gasteiger partial charge in [-0.3, -0.25) is 0 Å². The quantitative estimate of drug-likeness (QED) is 0.207. The number of hydrogen-bond acceptors (Lipinski definition) is 3. The Morgan fingerprint density at radius 2 is 1.53 bits per heavy atom. The minimum absolute atomic E-state index is 0. The summed E-state index contributed by atoms with van der Waals surface area (Å²) in [5.74, 6) is 0. The molecule has 0 fully saturated rings. The second-order valence-electron chi connectivity index (χ2n) is 7.36. The van der Waals surface area contributed by atoms with Crippen LogP contribution in [0.1, 0.15) is 11.1 Å². The van der Waals surface area contributed by atoms with Crippen LogP contribution >= 0.6 is 0 Å². The van der Waals surface area contributed by atoms with Gasteiger partial charge in [0.1, 0.15) is 0 Å². The Labute approximate surface area is 214 Å². The molecule has 0 N–H and O–H groups in total. The molecule has 0 aliphatic rings. The molecular formula is C30H21IrN3-2. The summed E-state index contributed by atoms with van der Waals surface area (Å²) in [6, 6.07) is 40.0. The third-order valence-corrected chi connectivity index (χ3v) is 5.00. The number of nitriles is 1. The van der Waals surface area contributed by atoms with Gasteiger partial charge in [0.2, 0.25) is 0 Å². The summed E-state index contributed by atoms with van der Waals surface area (Å²) in [6.07, 6.45) is 3.63. The van der Waals surface area contributed by atoms with E-state index in [1.54, 1.807) is 24.4 Å². The number of aryl methyl sites for hydroxylation is 1. The van der Waals surface area contributed by atoms with Crippen molar-refractivity contribution in [2.45, 2.75) is 6.92 Å². The first-order valence-corrected chi connectivity index (χ1v) is 10.6. The molecule has 3 aromatic carbocycles. The largest absolute Gasteiger partial charge is 0.305 e. The van der Waals surface area contributed by atoms with Gasteiger partial charge >= 0.3 is 0 Å². The summed E-state index contributed by atoms with van der Waals surface area (Å²) >= 11 is 0. The predicted octanol–water partition coefficient (Wildman–Crippen LogP) is 6.94. The molecule has 0 aliphatic carbocycles. The first kappa shape index (κ1) is 24.7. The van der Waals surface area contributed by atoms with Gasteiger partial charge in [0.25, 0.3) is 0 Å². The van der Waals surface area contributed by atoms with Crippen LogP contribution in [-0.4, -0.2) is 9.97 Å². The summed E-state index contributed by atoms with van der Waals surface area (Å²) in [5, 5.41) is 8.94. The van der Waals surface area contributed by atoms with E-state index in [4.69, 9.17) is 5.26 Å². The van der Waals surface area contributed by atoms with Crippen LogP contribution in [0.4, 0.5) is 0 Å². The minimum atomic E-state index is 0. The predicted molar refractivity (Wildman–Crippen MR) is 132 cm³/mol. The van der Waals surface area contributed by atoms with E-state index < -0.39 is 0 Å². The maximum atomic E-state index is 8.94. The van der Waals surface area contributed by atoms with Crippen molar-refractivity contribution in [1.29, 1.82) is 5.26 Å². The third kappa shape index (κ3) is 6.33. The standard InChI is InChI=1S/C17H12N.C13H9N2.Ir/c1-3-7-14(8-4-1)16-11-12-18-17(13-16)15-9-5-2-6-10-15;1-10-6-7-13(15-9-10)12-5-3-2-4-11(12)8-14;/h1-9,11-13H;2-4,6-7,9H,1H3;/q2*-1;. The Balaban J connectivity index is 0.000000188. The van der Waals surface area contributed by atoms with Crippen LogP contribution in [0.3, 0.4) is 0 Å². The van der Waals surface area contributed by atoms with E-state index in [-0.39, 0.29) is 20.1 Å². The number of benzene rings is 3. The number of nitrogens with zero attached hydrogens (tertiary/aromatic N) is 3. The second kappa shape index (κ2) is 12.4. The molecule has 0 saturated heterocycles. The number of pyridine rings is 2. The Kier molecular flexibility index (Phi) is 9.00. The van der Waals surface area contributed by atoms with Crippen LogP contribution in [0.25, 0.3) is 33.6 Å². The third-order valence-electron chi connectivity index (χ3n) is 5.00. The van der Waals surface area contributed by atoms with Crippen molar-refractivity contribution >= 4 is 0 Å². The molecule has 0 unspecified atom stereocenters. The minimum Gasteiger partial charge on any atom is -0.305 e. The Morgan fingerprint density at radius 1 is 0.735 bits per heavy atom. The summed E-state index contributed by atoms with van der Waals surface area (Å²) in [5.41, 5.74) is 7.63. The maximum Gasteiger partial charge on any atom is 0.0475 e. The van der Waals surface area contributed by atoms with Crippen molar-refractivity contribution in [2.75, 3.05) is 0 Å². The van der Waals surface area contributed by atoms with Crippen LogP contribution < -0.4 is 0 Å². The van der Waals surface area contributed by atoms with Gasteiger partial charge in [0.15, 0.2) is 0 Å². The zero-order valence-electron chi connectivity index (χ0n) is 18.6. The van der Waals surface area contributed by atoms with E-state index in [1.165, 1.54) is 11.1 Å². The zero-order chi connectivity index (χ0) is 22.9. The van der Waals surface area contributed by atoms with E-state index >= 15 is 0 Å². The molecule has 4 heteroatoms. The van der Waals surface area contributed by atoms with Gasteiger partial charge in [0.05, 0.1) is 0 Å². The molecule has 0 aliphatic heterocycles. The summed E-state index contributed by atoms with van der Waals surface area (Å²) in [6.45, 7) is 1.98. The van der Waals surface area contributed by atoms with Crippen LogP contribution in [0.5, 0.6) is 0 Å². The van der Waals surface area contributed by atoms with Crippen molar-refractivity contribution in [2.24, 2.45) is 0 Å². The number of hydrogen-bond donors (Lipinski definition) is 0. The van der Waals surface area contributed by atoms with Gasteiger partial charge in [-0.2, -0.15) is 0 Å². The monoisotopic (exact) mass is 616 g/mol. The molecule has 167 valence electrons. The van der Waals surface area contributed by atoms with Crippen molar-refractivity contribution in [1.82, 2.24) is 9.97 Å². The fourth-order valence-corrected chi connectivity index (χ4v) is 3.30. The van der Waals surface area contributed by atoms with Crippen LogP contribution in [0.2, 0.25) is 0 Å². The second-order valence-corrected chi connectivity index (χ2v) is 7.36. The van der Waals surface area contributed by atoms with Crippen molar-refractivity contribution in [3.63, 3.8) is 0 Å². The Bertz CT molecular complexity index is 1310. The topological polar surface area (TPSA) is 49.6 Å². The molecule has 5 rings (SSSR count). The molecule has 34 heavy (non-hydrogen) atoms. The van der Waals surface area contributed by atoms with E-state index in [0.29, 0.717) is 5.56 Å². The van der Waals surface area contributed by atoms with E-state index in [0.717, 1.165) is 28.1 Å². The zero-order valence-corrected chi connectivity index (χ0v) is 21.0. The molecule has 0 atom stereocenters. The molecular weight excluding hydrogens is 595 g/mol. The van der Waals surface area contributed by atoms with Gasteiger partial charge in [0, 0.05) is 38.6 Å². The summed E-state index contributed by atoms with van der Waals surface area (Å²) < 4.78 is 0. The fraction of sp³-hybridized carbons (Fsp3) is 0.0333. The molecule has 3 nitrogen and oxygen atoms in total. The Morgan fingerprint density at radius 3 is 2.24 bits per heavy atom. The van der Waals surface area contributed by atoms with Gasteiger partial charge < -0.3 is 9.97 Å². The average Bonchev–Trinajstić information content (AvgIpc) is 2.91. The van der Waals surface area contributed by atoms with Crippen LogP contribution in [0.15, 0.2) is 109 Å². The van der Waals surface area contributed by atoms with Crippen molar-refractivity contribution < 1.29 is 20.1 Å². The first-order chi connectivity index (χ1) is 16.2. The van der Waals surface area contributed by atoms with Gasteiger partial charge in [-0.1, -0.05) is 48.5 Å². The molecule has 0 bridgehead atoms. The summed E-state index contributed by atoms with van der Waals surface area (Å²) in [4.78, 5) is 8.68. The molecule has 0 amide bonds. The molecule has 0 saturated carbocycles. The normalized spacial score (nSPS) is 9.65. The van der Waals surface area contributed by atoms with E-state index in [9.17, 15) is 0 Å². The molecule has 2 aromatic heterocycles. The number of aromatic nitrogens is 2. The molecule has 0 spiro atoms.